The molecule has 2 aliphatic rings. The molecule has 5 nitrogen and oxygen atoms in total. The number of hydrogen-bond acceptors (Lipinski definition) is 5. The Kier molecular flexibility index (Phi) is 4.41. The maximum atomic E-state index is 12.6. The maximum absolute atomic E-state index is 12.6. The van der Waals surface area contributed by atoms with Crippen LogP contribution < -0.4 is 0 Å². The van der Waals surface area contributed by atoms with E-state index < -0.39 is 31.2 Å². The van der Waals surface area contributed by atoms with Gasteiger partial charge in [0, 0.05) is 16.2 Å². The second kappa shape index (κ2) is 5.93. The molecular weight excluding hydrogens is 360 g/mol. The molecule has 2 bridgehead atoms. The van der Waals surface area contributed by atoms with Crippen molar-refractivity contribution < 1.29 is 21.9 Å². The lowest BCUT2D eigenvalue weighted by Gasteiger charge is -2.39. The SMILES string of the molecule is CC1(C)[C@@H]2CC[C@@]1(CS(=O)(=O)/C=C\S(=O)(=O)c1ccccc1)[C@H](O)C2. The average Bonchev–Trinajstić information content (AvgIpc) is 2.88. The van der Waals surface area contributed by atoms with E-state index in [0.29, 0.717) is 18.8 Å². The van der Waals surface area contributed by atoms with E-state index in [0.717, 1.165) is 17.2 Å². The molecule has 2 aliphatic carbocycles. The number of aliphatic hydroxyl groups is 1. The van der Waals surface area contributed by atoms with Crippen LogP contribution in [0.25, 0.3) is 0 Å². The summed E-state index contributed by atoms with van der Waals surface area (Å²) in [4.78, 5) is 0.0572. The standard InChI is InChI=1S/C18H24O5S2/c1-17(2)14-8-9-18(17,16(19)12-14)13-24(20,21)10-11-25(22,23)15-6-4-3-5-7-15/h3-7,10-11,14,16,19H,8-9,12-13H2,1-2H3/b11-10-/t14-,16-,18-/m1/s1. The van der Waals surface area contributed by atoms with Crippen molar-refractivity contribution >= 4 is 19.7 Å². The van der Waals surface area contributed by atoms with E-state index in [4.69, 9.17) is 0 Å². The van der Waals surface area contributed by atoms with Gasteiger partial charge < -0.3 is 5.11 Å². The summed E-state index contributed by atoms with van der Waals surface area (Å²) in [5, 5.41) is 12.0. The normalized spacial score (nSPS) is 31.6. The van der Waals surface area contributed by atoms with Crippen molar-refractivity contribution in [2.45, 2.75) is 44.1 Å². The lowest BCUT2D eigenvalue weighted by atomic mass is 9.70. The van der Waals surface area contributed by atoms with Crippen molar-refractivity contribution in [1.82, 2.24) is 0 Å². The Balaban J connectivity index is 1.86. The lowest BCUT2D eigenvalue weighted by molar-refractivity contribution is 0.0155. The van der Waals surface area contributed by atoms with Crippen molar-refractivity contribution in [3.63, 3.8) is 0 Å². The van der Waals surface area contributed by atoms with Crippen LogP contribution in [0.1, 0.15) is 33.1 Å². The second-order valence-corrected chi connectivity index (χ2v) is 11.5. The molecule has 0 amide bonds. The zero-order valence-corrected chi connectivity index (χ0v) is 16.1. The van der Waals surface area contributed by atoms with Crippen LogP contribution >= 0.6 is 0 Å². The molecular formula is C18H24O5S2. The fourth-order valence-corrected chi connectivity index (χ4v) is 8.11. The Morgan fingerprint density at radius 2 is 1.76 bits per heavy atom. The van der Waals surface area contributed by atoms with Gasteiger partial charge in [0.25, 0.3) is 0 Å². The van der Waals surface area contributed by atoms with E-state index in [2.05, 4.69) is 0 Å². The number of hydrogen-bond donors (Lipinski definition) is 1. The number of rotatable bonds is 5. The van der Waals surface area contributed by atoms with Gasteiger partial charge in [-0.15, -0.1) is 0 Å². The van der Waals surface area contributed by atoms with Crippen LogP contribution in [0.3, 0.4) is 0 Å². The van der Waals surface area contributed by atoms with E-state index in [9.17, 15) is 21.9 Å². The first-order valence-corrected chi connectivity index (χ1v) is 11.7. The zero-order valence-electron chi connectivity index (χ0n) is 14.4. The average molecular weight is 385 g/mol. The first kappa shape index (κ1) is 18.6. The van der Waals surface area contributed by atoms with Crippen LogP contribution in [-0.2, 0) is 19.7 Å². The van der Waals surface area contributed by atoms with Crippen molar-refractivity contribution in [3.05, 3.63) is 41.1 Å². The maximum Gasteiger partial charge on any atom is 0.200 e. The highest BCUT2D eigenvalue weighted by Crippen LogP contribution is 2.66. The molecule has 25 heavy (non-hydrogen) atoms. The molecule has 1 aromatic rings. The van der Waals surface area contributed by atoms with Gasteiger partial charge in [0.15, 0.2) is 9.84 Å². The number of benzene rings is 1. The number of sulfone groups is 2. The Bertz CT molecular complexity index is 885. The van der Waals surface area contributed by atoms with E-state index in [1.54, 1.807) is 18.2 Å². The third kappa shape index (κ3) is 3.06. The summed E-state index contributed by atoms with van der Waals surface area (Å²) in [6, 6.07) is 7.72. The molecule has 0 aromatic heterocycles. The Hall–Kier alpha value is -1.18. The molecule has 138 valence electrons. The highest BCUT2D eigenvalue weighted by Gasteiger charge is 2.64. The van der Waals surface area contributed by atoms with Crippen LogP contribution in [0.4, 0.5) is 0 Å². The Morgan fingerprint density at radius 3 is 2.28 bits per heavy atom. The molecule has 0 radical (unpaired) electrons. The fourth-order valence-electron chi connectivity index (χ4n) is 4.63. The molecule has 2 saturated carbocycles. The minimum absolute atomic E-state index is 0.0572. The van der Waals surface area contributed by atoms with Crippen molar-refractivity contribution in [2.24, 2.45) is 16.7 Å². The Labute approximate surface area is 149 Å². The van der Waals surface area contributed by atoms with Gasteiger partial charge in [-0.05, 0) is 42.7 Å². The van der Waals surface area contributed by atoms with Crippen molar-refractivity contribution in [3.8, 4) is 0 Å². The molecule has 3 rings (SSSR count). The van der Waals surface area contributed by atoms with Gasteiger partial charge in [-0.1, -0.05) is 32.0 Å². The molecule has 0 spiro atoms. The molecule has 0 heterocycles. The summed E-state index contributed by atoms with van der Waals surface area (Å²) in [6.45, 7) is 4.03. The second-order valence-electron chi connectivity index (χ2n) is 7.80. The minimum atomic E-state index is -3.81. The lowest BCUT2D eigenvalue weighted by Crippen LogP contribution is -2.44. The topological polar surface area (TPSA) is 88.5 Å². The smallest absolute Gasteiger partial charge is 0.200 e. The summed E-state index contributed by atoms with van der Waals surface area (Å²) in [7, 11) is -7.58. The van der Waals surface area contributed by atoms with Crippen molar-refractivity contribution in [2.75, 3.05) is 5.75 Å². The monoisotopic (exact) mass is 384 g/mol. The van der Waals surface area contributed by atoms with Crippen LogP contribution in [-0.4, -0.2) is 33.8 Å². The Morgan fingerprint density at radius 1 is 1.12 bits per heavy atom. The first-order chi connectivity index (χ1) is 11.5. The summed E-state index contributed by atoms with van der Waals surface area (Å²) >= 11 is 0. The quantitative estimate of drug-likeness (QED) is 0.843. The summed E-state index contributed by atoms with van der Waals surface area (Å²) in [6.07, 6.45) is 1.53. The van der Waals surface area contributed by atoms with E-state index in [-0.39, 0.29) is 16.1 Å². The van der Waals surface area contributed by atoms with Crippen LogP contribution in [0.15, 0.2) is 46.0 Å². The van der Waals surface area contributed by atoms with Crippen LogP contribution in [0, 0.1) is 16.7 Å². The minimum Gasteiger partial charge on any atom is -0.392 e. The van der Waals surface area contributed by atoms with E-state index >= 15 is 0 Å². The van der Waals surface area contributed by atoms with Gasteiger partial charge in [0.2, 0.25) is 9.84 Å². The van der Waals surface area contributed by atoms with Gasteiger partial charge in [0.05, 0.1) is 16.8 Å². The summed E-state index contributed by atoms with van der Waals surface area (Å²) in [5.74, 6) is 0.0978. The first-order valence-electron chi connectivity index (χ1n) is 8.39. The fraction of sp³-hybridized carbons (Fsp3) is 0.556. The number of fused-ring (bicyclic) bond motifs is 2. The molecule has 1 aromatic carbocycles. The predicted octanol–water partition coefficient (Wildman–Crippen LogP) is 2.53. The largest absolute Gasteiger partial charge is 0.392 e. The van der Waals surface area contributed by atoms with Crippen LogP contribution in [0.5, 0.6) is 0 Å². The molecule has 2 fully saturated rings. The molecule has 7 heteroatoms. The molecule has 3 atom stereocenters. The third-order valence-corrected chi connectivity index (χ3v) is 9.43. The van der Waals surface area contributed by atoms with Gasteiger partial charge >= 0.3 is 0 Å². The number of aliphatic hydroxyl groups excluding tert-OH is 1. The van der Waals surface area contributed by atoms with Gasteiger partial charge in [-0.2, -0.15) is 0 Å². The van der Waals surface area contributed by atoms with Crippen molar-refractivity contribution in [1.29, 1.82) is 0 Å². The van der Waals surface area contributed by atoms with Gasteiger partial charge in [0.1, 0.15) is 0 Å². The highest BCUT2D eigenvalue weighted by atomic mass is 32.2. The van der Waals surface area contributed by atoms with E-state index in [1.165, 1.54) is 12.1 Å². The molecule has 0 aliphatic heterocycles. The zero-order chi connectivity index (χ0) is 18.5. The molecule has 1 N–H and O–H groups in total. The third-order valence-electron chi connectivity index (χ3n) is 6.36. The summed E-state index contributed by atoms with van der Waals surface area (Å²) < 4.78 is 49.8. The highest BCUT2D eigenvalue weighted by molar-refractivity contribution is 7.97. The molecule has 0 saturated heterocycles. The van der Waals surface area contributed by atoms with Gasteiger partial charge in [-0.3, -0.25) is 0 Å². The van der Waals surface area contributed by atoms with Gasteiger partial charge in [-0.25, -0.2) is 16.8 Å². The molecule has 0 unspecified atom stereocenters. The summed E-state index contributed by atoms with van der Waals surface area (Å²) in [5.41, 5.74) is -0.969. The van der Waals surface area contributed by atoms with Crippen LogP contribution in [0.2, 0.25) is 0 Å². The predicted molar refractivity (Wildman–Crippen MR) is 96.1 cm³/mol. The van der Waals surface area contributed by atoms with E-state index in [1.807, 2.05) is 13.8 Å².